The van der Waals surface area contributed by atoms with Gasteiger partial charge in [0.15, 0.2) is 0 Å². The summed E-state index contributed by atoms with van der Waals surface area (Å²) in [7, 11) is 0. The number of halogens is 2. The van der Waals surface area contributed by atoms with E-state index in [9.17, 15) is 8.78 Å². The summed E-state index contributed by atoms with van der Waals surface area (Å²) in [5.74, 6) is 0.167. The third-order valence-electron chi connectivity index (χ3n) is 1.90. The molecule has 3 nitrogen and oxygen atoms in total. The van der Waals surface area contributed by atoms with Crippen molar-refractivity contribution in [1.29, 1.82) is 0 Å². The van der Waals surface area contributed by atoms with Gasteiger partial charge in [0.25, 0.3) is 0 Å². The van der Waals surface area contributed by atoms with Gasteiger partial charge in [0, 0.05) is 0 Å². The number of ether oxygens (including phenoxy) is 1. The summed E-state index contributed by atoms with van der Waals surface area (Å²) in [6, 6.07) is 3.20. The van der Waals surface area contributed by atoms with E-state index in [2.05, 4.69) is 9.89 Å². The molecule has 82 valence electrons. The van der Waals surface area contributed by atoms with E-state index < -0.39 is 6.61 Å². The maximum Gasteiger partial charge on any atom is 0.387 e. The molecule has 0 bridgehead atoms. The number of oxime groups is 1. The fraction of sp³-hybridized carbons (Fsp3) is 0.300. The molecule has 1 aromatic carbocycles. The monoisotopic (exact) mass is 215 g/mol. The Labute approximate surface area is 86.0 Å². The molecule has 0 fully saturated rings. The van der Waals surface area contributed by atoms with Gasteiger partial charge >= 0.3 is 6.61 Å². The number of aryl methyl sites for hydroxylation is 2. The van der Waals surface area contributed by atoms with Gasteiger partial charge in [-0.25, -0.2) is 0 Å². The summed E-state index contributed by atoms with van der Waals surface area (Å²) in [6.45, 7) is 0.471. The summed E-state index contributed by atoms with van der Waals surface area (Å²) in [5, 5.41) is 11.2. The lowest BCUT2D eigenvalue weighted by Crippen LogP contribution is -2.05. The quantitative estimate of drug-likeness (QED) is 0.478. The molecular weight excluding hydrogens is 204 g/mol. The van der Waals surface area contributed by atoms with E-state index in [0.717, 1.165) is 0 Å². The Morgan fingerprint density at radius 3 is 2.27 bits per heavy atom. The van der Waals surface area contributed by atoms with Crippen molar-refractivity contribution in [2.45, 2.75) is 20.5 Å². The molecule has 0 spiro atoms. The second-order valence-corrected chi connectivity index (χ2v) is 3.11. The predicted octanol–water partition coefficient (Wildman–Crippen LogP) is 2.71. The van der Waals surface area contributed by atoms with Crippen LogP contribution in [0.2, 0.25) is 0 Å². The molecule has 0 aliphatic carbocycles. The van der Waals surface area contributed by atoms with E-state index in [0.29, 0.717) is 16.7 Å². The highest BCUT2D eigenvalue weighted by atomic mass is 19.3. The molecule has 0 aliphatic heterocycles. The van der Waals surface area contributed by atoms with E-state index in [4.69, 9.17) is 5.21 Å². The van der Waals surface area contributed by atoms with Gasteiger partial charge in [0.1, 0.15) is 5.75 Å². The highest BCUT2D eigenvalue weighted by molar-refractivity contribution is 5.80. The SMILES string of the molecule is Cc1cc(C=NO)cc(C)c1OC(F)F. The highest BCUT2D eigenvalue weighted by Gasteiger charge is 2.10. The fourth-order valence-electron chi connectivity index (χ4n) is 1.40. The average Bonchev–Trinajstić information content (AvgIpc) is 2.11. The third kappa shape index (κ3) is 2.90. The molecule has 0 aliphatic rings. The first-order valence-electron chi connectivity index (χ1n) is 4.28. The van der Waals surface area contributed by atoms with Crippen LogP contribution in [0.15, 0.2) is 17.3 Å². The van der Waals surface area contributed by atoms with Crippen molar-refractivity contribution in [3.8, 4) is 5.75 Å². The van der Waals surface area contributed by atoms with E-state index in [1.54, 1.807) is 26.0 Å². The van der Waals surface area contributed by atoms with Crippen molar-refractivity contribution in [2.24, 2.45) is 5.16 Å². The first-order valence-corrected chi connectivity index (χ1v) is 4.28. The lowest BCUT2D eigenvalue weighted by atomic mass is 10.1. The van der Waals surface area contributed by atoms with Gasteiger partial charge in [-0.2, -0.15) is 8.78 Å². The number of rotatable bonds is 3. The van der Waals surface area contributed by atoms with Crippen LogP contribution in [0.4, 0.5) is 8.78 Å². The first-order chi connectivity index (χ1) is 7.04. The molecule has 15 heavy (non-hydrogen) atoms. The molecule has 0 aromatic heterocycles. The zero-order valence-electron chi connectivity index (χ0n) is 8.37. The molecule has 5 heteroatoms. The molecular formula is C10H11F2NO2. The second kappa shape index (κ2) is 4.72. The molecule has 0 atom stereocenters. The Morgan fingerprint density at radius 2 is 1.87 bits per heavy atom. The van der Waals surface area contributed by atoms with Gasteiger partial charge in [0.05, 0.1) is 6.21 Å². The minimum absolute atomic E-state index is 0.167. The van der Waals surface area contributed by atoms with Gasteiger partial charge in [-0.15, -0.1) is 0 Å². The van der Waals surface area contributed by atoms with Crippen LogP contribution in [0, 0.1) is 13.8 Å². The maximum atomic E-state index is 12.0. The van der Waals surface area contributed by atoms with Crippen molar-refractivity contribution in [2.75, 3.05) is 0 Å². The molecule has 0 unspecified atom stereocenters. The lowest BCUT2D eigenvalue weighted by molar-refractivity contribution is -0.0507. The van der Waals surface area contributed by atoms with Gasteiger partial charge in [-0.3, -0.25) is 0 Å². The van der Waals surface area contributed by atoms with Crippen molar-refractivity contribution in [3.05, 3.63) is 28.8 Å². The first kappa shape index (κ1) is 11.4. The topological polar surface area (TPSA) is 41.8 Å². The summed E-state index contributed by atoms with van der Waals surface area (Å²) < 4.78 is 28.4. The van der Waals surface area contributed by atoms with Gasteiger partial charge in [0.2, 0.25) is 0 Å². The molecule has 1 N–H and O–H groups in total. The standard InChI is InChI=1S/C10H11F2NO2/c1-6-3-8(5-13-14)4-7(2)9(6)15-10(11)12/h3-5,10,14H,1-2H3. The van der Waals surface area contributed by atoms with Crippen molar-refractivity contribution >= 4 is 6.21 Å². The Kier molecular flexibility index (Phi) is 3.60. The Balaban J connectivity index is 3.09. The van der Waals surface area contributed by atoms with Crippen LogP contribution in [0.5, 0.6) is 5.75 Å². The molecule has 0 heterocycles. The fourth-order valence-corrected chi connectivity index (χ4v) is 1.40. The van der Waals surface area contributed by atoms with Crippen molar-refractivity contribution in [3.63, 3.8) is 0 Å². The summed E-state index contributed by atoms with van der Waals surface area (Å²) >= 11 is 0. The number of benzene rings is 1. The van der Waals surface area contributed by atoms with Crippen LogP contribution in [0.1, 0.15) is 16.7 Å². The Morgan fingerprint density at radius 1 is 1.33 bits per heavy atom. The molecule has 0 radical (unpaired) electrons. The number of nitrogens with zero attached hydrogens (tertiary/aromatic N) is 1. The second-order valence-electron chi connectivity index (χ2n) is 3.11. The third-order valence-corrected chi connectivity index (χ3v) is 1.90. The summed E-state index contributed by atoms with van der Waals surface area (Å²) in [5.41, 5.74) is 1.78. The van der Waals surface area contributed by atoms with Crippen LogP contribution < -0.4 is 4.74 Å². The number of hydrogen-bond acceptors (Lipinski definition) is 3. The van der Waals surface area contributed by atoms with E-state index in [1.807, 2.05) is 0 Å². The average molecular weight is 215 g/mol. The van der Waals surface area contributed by atoms with E-state index in [-0.39, 0.29) is 5.75 Å². The summed E-state index contributed by atoms with van der Waals surface area (Å²) in [4.78, 5) is 0. The normalized spacial score (nSPS) is 11.3. The Bertz CT molecular complexity index is 355. The minimum Gasteiger partial charge on any atom is -0.434 e. The van der Waals surface area contributed by atoms with Crippen molar-refractivity contribution in [1.82, 2.24) is 0 Å². The lowest BCUT2D eigenvalue weighted by Gasteiger charge is -2.11. The minimum atomic E-state index is -2.83. The molecule has 0 amide bonds. The number of hydrogen-bond donors (Lipinski definition) is 1. The molecule has 0 saturated carbocycles. The van der Waals surface area contributed by atoms with Crippen LogP contribution in [-0.4, -0.2) is 18.0 Å². The van der Waals surface area contributed by atoms with Gasteiger partial charge in [-0.1, -0.05) is 5.16 Å². The van der Waals surface area contributed by atoms with E-state index >= 15 is 0 Å². The van der Waals surface area contributed by atoms with Crippen LogP contribution in [-0.2, 0) is 0 Å². The van der Waals surface area contributed by atoms with Gasteiger partial charge < -0.3 is 9.94 Å². The molecule has 1 rings (SSSR count). The van der Waals surface area contributed by atoms with Crippen LogP contribution >= 0.6 is 0 Å². The summed E-state index contributed by atoms with van der Waals surface area (Å²) in [6.07, 6.45) is 1.23. The largest absolute Gasteiger partial charge is 0.434 e. The zero-order valence-corrected chi connectivity index (χ0v) is 8.37. The maximum absolute atomic E-state index is 12.0. The predicted molar refractivity (Wildman–Crippen MR) is 51.9 cm³/mol. The molecule has 1 aromatic rings. The highest BCUT2D eigenvalue weighted by Crippen LogP contribution is 2.25. The van der Waals surface area contributed by atoms with Gasteiger partial charge in [-0.05, 0) is 42.7 Å². The van der Waals surface area contributed by atoms with E-state index in [1.165, 1.54) is 6.21 Å². The number of alkyl halides is 2. The zero-order chi connectivity index (χ0) is 11.4. The van der Waals surface area contributed by atoms with Crippen LogP contribution in [0.3, 0.4) is 0 Å². The van der Waals surface area contributed by atoms with Crippen molar-refractivity contribution < 1.29 is 18.7 Å². The smallest absolute Gasteiger partial charge is 0.387 e. The van der Waals surface area contributed by atoms with Crippen LogP contribution in [0.25, 0.3) is 0 Å². The molecule has 0 saturated heterocycles. The Hall–Kier alpha value is -1.65.